The number of aliphatic hydroxyl groups excluding tert-OH is 1. The fraction of sp³-hybridized carbons (Fsp3) is 0.562. The number of hydrogen-bond donors (Lipinski definition) is 1. The third-order valence-electron chi connectivity index (χ3n) is 4.62. The summed E-state index contributed by atoms with van der Waals surface area (Å²) in [5.74, 6) is 0.491. The number of nitrogens with zero attached hydrogens (tertiary/aromatic N) is 1. The molecule has 3 nitrogen and oxygen atoms in total. The molecule has 0 bridgehead atoms. The largest absolute Gasteiger partial charge is 0.393 e. The van der Waals surface area contributed by atoms with Gasteiger partial charge in [-0.2, -0.15) is 0 Å². The van der Waals surface area contributed by atoms with Crippen molar-refractivity contribution in [2.24, 2.45) is 5.92 Å². The first-order valence-corrected chi connectivity index (χ1v) is 7.17. The summed E-state index contributed by atoms with van der Waals surface area (Å²) in [4.78, 5) is 14.2. The van der Waals surface area contributed by atoms with Crippen LogP contribution in [0.15, 0.2) is 24.3 Å². The average molecular weight is 259 g/mol. The van der Waals surface area contributed by atoms with Gasteiger partial charge in [0.2, 0.25) is 5.91 Å². The van der Waals surface area contributed by atoms with E-state index in [1.807, 2.05) is 24.1 Å². The zero-order chi connectivity index (χ0) is 13.4. The summed E-state index contributed by atoms with van der Waals surface area (Å²) >= 11 is 0. The van der Waals surface area contributed by atoms with E-state index >= 15 is 0 Å². The summed E-state index contributed by atoms with van der Waals surface area (Å²) in [6.07, 6.45) is 3.17. The summed E-state index contributed by atoms with van der Waals surface area (Å²) in [5.41, 5.74) is 2.49. The van der Waals surface area contributed by atoms with Gasteiger partial charge in [-0.3, -0.25) is 4.79 Å². The van der Waals surface area contributed by atoms with Gasteiger partial charge in [-0.05, 0) is 42.7 Å². The number of piperidine rings is 1. The molecule has 3 heteroatoms. The topological polar surface area (TPSA) is 40.5 Å². The molecule has 2 aliphatic rings. The molecule has 1 aromatic carbocycles. The normalized spacial score (nSPS) is 31.2. The number of hydrogen-bond acceptors (Lipinski definition) is 2. The van der Waals surface area contributed by atoms with E-state index in [2.05, 4.69) is 12.1 Å². The molecule has 0 saturated carbocycles. The molecule has 0 aromatic heterocycles. The van der Waals surface area contributed by atoms with Crippen LogP contribution in [-0.2, 0) is 11.2 Å². The van der Waals surface area contributed by atoms with Crippen molar-refractivity contribution in [3.05, 3.63) is 35.4 Å². The lowest BCUT2D eigenvalue weighted by atomic mass is 9.72. The Bertz CT molecular complexity index is 485. The Morgan fingerprint density at radius 1 is 1.26 bits per heavy atom. The molecule has 1 aliphatic carbocycles. The van der Waals surface area contributed by atoms with Crippen molar-refractivity contribution in [2.75, 3.05) is 13.6 Å². The minimum atomic E-state index is -0.306. The zero-order valence-corrected chi connectivity index (χ0v) is 11.4. The first-order valence-electron chi connectivity index (χ1n) is 7.17. The quantitative estimate of drug-likeness (QED) is 0.837. The molecule has 0 radical (unpaired) electrons. The molecule has 19 heavy (non-hydrogen) atoms. The van der Waals surface area contributed by atoms with Crippen LogP contribution in [0.25, 0.3) is 0 Å². The summed E-state index contributed by atoms with van der Waals surface area (Å²) in [7, 11) is 1.89. The molecule has 102 valence electrons. The van der Waals surface area contributed by atoms with Crippen LogP contribution < -0.4 is 0 Å². The van der Waals surface area contributed by atoms with Crippen LogP contribution in [0.3, 0.4) is 0 Å². The monoisotopic (exact) mass is 259 g/mol. The van der Waals surface area contributed by atoms with E-state index in [0.29, 0.717) is 0 Å². The second kappa shape index (κ2) is 4.97. The third-order valence-corrected chi connectivity index (χ3v) is 4.62. The second-order valence-corrected chi connectivity index (χ2v) is 5.91. The van der Waals surface area contributed by atoms with Gasteiger partial charge in [-0.1, -0.05) is 24.3 Å². The summed E-state index contributed by atoms with van der Waals surface area (Å²) in [6, 6.07) is 8.28. The summed E-state index contributed by atoms with van der Waals surface area (Å²) in [5, 5.41) is 10.1. The number of likely N-dealkylation sites (tertiary alicyclic amines) is 1. The second-order valence-electron chi connectivity index (χ2n) is 5.91. The molecule has 1 aromatic rings. The lowest BCUT2D eigenvalue weighted by Crippen LogP contribution is -2.42. The highest BCUT2D eigenvalue weighted by Gasteiger charge is 2.38. The average Bonchev–Trinajstić information content (AvgIpc) is 2.41. The van der Waals surface area contributed by atoms with Gasteiger partial charge in [0.15, 0.2) is 0 Å². The fourth-order valence-corrected chi connectivity index (χ4v) is 3.66. The number of fused-ring (bicyclic) bond motifs is 1. The van der Waals surface area contributed by atoms with Crippen molar-refractivity contribution in [1.82, 2.24) is 4.90 Å². The molecule has 1 saturated heterocycles. The zero-order valence-electron chi connectivity index (χ0n) is 11.4. The Morgan fingerprint density at radius 2 is 2.05 bits per heavy atom. The minimum absolute atomic E-state index is 0.0508. The van der Waals surface area contributed by atoms with Gasteiger partial charge < -0.3 is 10.0 Å². The number of rotatable bonds is 1. The Kier molecular flexibility index (Phi) is 3.31. The maximum atomic E-state index is 12.4. The van der Waals surface area contributed by atoms with Crippen LogP contribution in [0.4, 0.5) is 0 Å². The van der Waals surface area contributed by atoms with Crippen LogP contribution in [0, 0.1) is 5.92 Å². The Hall–Kier alpha value is -1.35. The van der Waals surface area contributed by atoms with Crippen LogP contribution in [0.2, 0.25) is 0 Å². The van der Waals surface area contributed by atoms with Crippen molar-refractivity contribution < 1.29 is 9.90 Å². The van der Waals surface area contributed by atoms with E-state index in [1.54, 1.807) is 0 Å². The predicted molar refractivity (Wildman–Crippen MR) is 73.9 cm³/mol. The van der Waals surface area contributed by atoms with Crippen LogP contribution >= 0.6 is 0 Å². The fourth-order valence-electron chi connectivity index (χ4n) is 3.66. The molecule has 1 amide bonds. The van der Waals surface area contributed by atoms with Gasteiger partial charge in [-0.15, -0.1) is 0 Å². The number of amides is 1. The predicted octanol–water partition coefficient (Wildman–Crippen LogP) is 1.95. The van der Waals surface area contributed by atoms with Crippen molar-refractivity contribution in [3.63, 3.8) is 0 Å². The van der Waals surface area contributed by atoms with Crippen LogP contribution in [-0.4, -0.2) is 35.6 Å². The molecule has 3 atom stereocenters. The van der Waals surface area contributed by atoms with Gasteiger partial charge >= 0.3 is 0 Å². The lowest BCUT2D eigenvalue weighted by molar-refractivity contribution is -0.138. The number of carbonyl (C=O) groups excluding carboxylic acids is 1. The Labute approximate surface area is 114 Å². The molecule has 1 aliphatic heterocycles. The summed E-state index contributed by atoms with van der Waals surface area (Å²) in [6.45, 7) is 0.867. The third kappa shape index (κ3) is 2.27. The maximum absolute atomic E-state index is 12.4. The minimum Gasteiger partial charge on any atom is -0.393 e. The highest BCUT2D eigenvalue weighted by Crippen LogP contribution is 2.40. The molecule has 3 rings (SSSR count). The first-order chi connectivity index (χ1) is 9.16. The van der Waals surface area contributed by atoms with Gasteiger partial charge in [0, 0.05) is 19.5 Å². The van der Waals surface area contributed by atoms with Crippen molar-refractivity contribution in [3.8, 4) is 0 Å². The molecular formula is C16H21NO2. The molecular weight excluding hydrogens is 238 g/mol. The smallest absolute Gasteiger partial charge is 0.226 e. The number of benzene rings is 1. The van der Waals surface area contributed by atoms with E-state index in [0.717, 1.165) is 32.2 Å². The van der Waals surface area contributed by atoms with Crippen molar-refractivity contribution >= 4 is 5.91 Å². The Morgan fingerprint density at radius 3 is 2.89 bits per heavy atom. The highest BCUT2D eigenvalue weighted by molar-refractivity contribution is 5.80. The molecule has 1 N–H and O–H groups in total. The van der Waals surface area contributed by atoms with E-state index in [9.17, 15) is 9.90 Å². The van der Waals surface area contributed by atoms with E-state index < -0.39 is 0 Å². The number of carbonyl (C=O) groups is 1. The van der Waals surface area contributed by atoms with Gasteiger partial charge in [-0.25, -0.2) is 0 Å². The molecule has 1 fully saturated rings. The number of aliphatic hydroxyl groups is 1. The van der Waals surface area contributed by atoms with Gasteiger partial charge in [0.25, 0.3) is 0 Å². The molecule has 1 heterocycles. The van der Waals surface area contributed by atoms with Gasteiger partial charge in [0.1, 0.15) is 0 Å². The first kappa shape index (κ1) is 12.7. The standard InChI is InChI=1S/C16H21NO2/c1-17-8-4-7-14(16(17)19)15-10-12(18)9-11-5-2-3-6-13(11)15/h2-3,5-6,12,14-15,18H,4,7-10H2,1H3. The van der Waals surface area contributed by atoms with Crippen molar-refractivity contribution in [2.45, 2.75) is 37.7 Å². The highest BCUT2D eigenvalue weighted by atomic mass is 16.3. The molecule has 3 unspecified atom stereocenters. The van der Waals surface area contributed by atoms with Crippen molar-refractivity contribution in [1.29, 1.82) is 0 Å². The Balaban J connectivity index is 1.94. The van der Waals surface area contributed by atoms with E-state index in [-0.39, 0.29) is 23.8 Å². The lowest BCUT2D eigenvalue weighted by Gasteiger charge is -2.38. The van der Waals surface area contributed by atoms with Crippen LogP contribution in [0.1, 0.15) is 36.3 Å². The molecule has 0 spiro atoms. The van der Waals surface area contributed by atoms with Gasteiger partial charge in [0.05, 0.1) is 6.10 Å². The summed E-state index contributed by atoms with van der Waals surface area (Å²) < 4.78 is 0. The van der Waals surface area contributed by atoms with Crippen LogP contribution in [0.5, 0.6) is 0 Å². The van der Waals surface area contributed by atoms with E-state index in [1.165, 1.54) is 11.1 Å². The SMILES string of the molecule is CN1CCCC(C2CC(O)Cc3ccccc32)C1=O. The van der Waals surface area contributed by atoms with E-state index in [4.69, 9.17) is 0 Å². The maximum Gasteiger partial charge on any atom is 0.226 e.